The zero-order valence-corrected chi connectivity index (χ0v) is 20.4. The number of thioether (sulfide) groups is 1. The van der Waals surface area contributed by atoms with Gasteiger partial charge in [0.25, 0.3) is 11.1 Å². The van der Waals surface area contributed by atoms with Gasteiger partial charge in [0.2, 0.25) is 6.79 Å². The monoisotopic (exact) mass is 501 g/mol. The van der Waals surface area contributed by atoms with Crippen LogP contribution in [0.25, 0.3) is 6.08 Å². The van der Waals surface area contributed by atoms with E-state index in [-0.39, 0.29) is 17.9 Å². The Morgan fingerprint density at radius 2 is 1.86 bits per heavy atom. The highest BCUT2D eigenvalue weighted by Gasteiger charge is 2.36. The Balaban J connectivity index is 1.42. The first-order valence-electron chi connectivity index (χ1n) is 11.2. The molecular formula is C28H23NO6S. The molecule has 3 aromatic rings. The van der Waals surface area contributed by atoms with Crippen molar-refractivity contribution in [2.45, 2.75) is 13.0 Å². The smallest absolute Gasteiger partial charge is 0.298 e. The molecule has 0 saturated carbocycles. The summed E-state index contributed by atoms with van der Waals surface area (Å²) in [6.45, 7) is 4.37. The standard InChI is InChI=1S/C28H23NO6S/c1-3-7-20-12-19(15-25-27(30)29(28(31)36-25)21-8-5-4-6-9-21)14-24(32-2)26(20)33-16-18-10-11-22-23(13-18)35-17-34-22/h3-6,8-15H,1,7,16-17H2,2H3/b25-15-. The first-order valence-corrected chi connectivity index (χ1v) is 12.0. The number of carbonyl (C=O) groups excluding carboxylic acids is 2. The van der Waals surface area contributed by atoms with Gasteiger partial charge in [-0.05, 0) is 71.8 Å². The summed E-state index contributed by atoms with van der Waals surface area (Å²) >= 11 is 0.910. The van der Waals surface area contributed by atoms with E-state index >= 15 is 0 Å². The number of allylic oxidation sites excluding steroid dienone is 1. The summed E-state index contributed by atoms with van der Waals surface area (Å²) in [6.07, 6.45) is 4.00. The van der Waals surface area contributed by atoms with E-state index in [0.29, 0.717) is 46.6 Å². The first kappa shape index (κ1) is 23.6. The van der Waals surface area contributed by atoms with Crippen LogP contribution in [0.4, 0.5) is 10.5 Å². The van der Waals surface area contributed by atoms with E-state index in [2.05, 4.69) is 6.58 Å². The number of amides is 2. The number of hydrogen-bond donors (Lipinski definition) is 0. The summed E-state index contributed by atoms with van der Waals surface area (Å²) in [6, 6.07) is 18.2. The summed E-state index contributed by atoms with van der Waals surface area (Å²) in [5.74, 6) is 2.15. The lowest BCUT2D eigenvalue weighted by Gasteiger charge is -2.16. The van der Waals surface area contributed by atoms with Gasteiger partial charge >= 0.3 is 0 Å². The third-order valence-corrected chi connectivity index (χ3v) is 6.53. The Labute approximate surface area is 212 Å². The molecule has 0 unspecified atom stereocenters. The van der Waals surface area contributed by atoms with Gasteiger partial charge in [0.05, 0.1) is 17.7 Å². The molecule has 0 aliphatic carbocycles. The fourth-order valence-corrected chi connectivity index (χ4v) is 4.84. The van der Waals surface area contributed by atoms with Gasteiger partial charge in [-0.25, -0.2) is 4.90 Å². The number of imide groups is 1. The van der Waals surface area contributed by atoms with Crippen LogP contribution in [0, 0.1) is 0 Å². The van der Waals surface area contributed by atoms with Gasteiger partial charge in [-0.1, -0.05) is 30.3 Å². The van der Waals surface area contributed by atoms with E-state index < -0.39 is 0 Å². The average Bonchev–Trinajstić information content (AvgIpc) is 3.47. The van der Waals surface area contributed by atoms with Crippen molar-refractivity contribution in [2.75, 3.05) is 18.8 Å². The molecule has 8 heteroatoms. The van der Waals surface area contributed by atoms with Crippen molar-refractivity contribution >= 4 is 34.7 Å². The van der Waals surface area contributed by atoms with Crippen LogP contribution < -0.4 is 23.8 Å². The van der Waals surface area contributed by atoms with Gasteiger partial charge in [-0.15, -0.1) is 6.58 Å². The highest BCUT2D eigenvalue weighted by molar-refractivity contribution is 8.19. The summed E-state index contributed by atoms with van der Waals surface area (Å²) in [5.41, 5.74) is 3.03. The number of para-hydroxylation sites is 1. The average molecular weight is 502 g/mol. The van der Waals surface area contributed by atoms with Crippen molar-refractivity contribution in [2.24, 2.45) is 0 Å². The topological polar surface area (TPSA) is 74.3 Å². The Morgan fingerprint density at radius 3 is 2.64 bits per heavy atom. The molecule has 2 aliphatic heterocycles. The molecule has 1 fully saturated rings. The molecule has 5 rings (SSSR count). The second-order valence-electron chi connectivity index (χ2n) is 8.03. The maximum Gasteiger partial charge on any atom is 0.298 e. The van der Waals surface area contributed by atoms with Crippen molar-refractivity contribution in [3.8, 4) is 23.0 Å². The Morgan fingerprint density at radius 1 is 1.06 bits per heavy atom. The zero-order chi connectivity index (χ0) is 25.1. The summed E-state index contributed by atoms with van der Waals surface area (Å²) in [5, 5.41) is -0.334. The second-order valence-corrected chi connectivity index (χ2v) is 9.03. The third kappa shape index (κ3) is 4.67. The van der Waals surface area contributed by atoms with Gasteiger partial charge in [-0.2, -0.15) is 0 Å². The molecule has 182 valence electrons. The van der Waals surface area contributed by atoms with Crippen LogP contribution in [0.1, 0.15) is 16.7 Å². The maximum absolute atomic E-state index is 13.0. The Kier molecular flexibility index (Phi) is 6.69. The molecule has 1 saturated heterocycles. The van der Waals surface area contributed by atoms with Crippen LogP contribution >= 0.6 is 11.8 Å². The van der Waals surface area contributed by atoms with Crippen LogP contribution in [0.2, 0.25) is 0 Å². The van der Waals surface area contributed by atoms with Crippen LogP contribution in [-0.2, 0) is 17.8 Å². The lowest BCUT2D eigenvalue weighted by Crippen LogP contribution is -2.27. The van der Waals surface area contributed by atoms with Crippen molar-refractivity contribution < 1.29 is 28.5 Å². The predicted octanol–water partition coefficient (Wildman–Crippen LogP) is 5.97. The summed E-state index contributed by atoms with van der Waals surface area (Å²) in [7, 11) is 1.56. The number of methoxy groups -OCH3 is 1. The van der Waals surface area contributed by atoms with Crippen molar-refractivity contribution in [3.05, 3.63) is 94.9 Å². The lowest BCUT2D eigenvalue weighted by atomic mass is 10.0. The van der Waals surface area contributed by atoms with E-state index in [1.807, 2.05) is 30.3 Å². The molecule has 2 heterocycles. The van der Waals surface area contributed by atoms with E-state index in [0.717, 1.165) is 28.5 Å². The molecule has 0 spiro atoms. The number of fused-ring (bicyclic) bond motifs is 1. The van der Waals surface area contributed by atoms with Gasteiger partial charge < -0.3 is 18.9 Å². The number of anilines is 1. The molecule has 3 aromatic carbocycles. The number of carbonyl (C=O) groups is 2. The summed E-state index contributed by atoms with van der Waals surface area (Å²) < 4.78 is 22.6. The minimum atomic E-state index is -0.358. The number of hydrogen-bond acceptors (Lipinski definition) is 7. The Hall–Kier alpha value is -4.17. The highest BCUT2D eigenvalue weighted by atomic mass is 32.2. The number of nitrogens with zero attached hydrogens (tertiary/aromatic N) is 1. The van der Waals surface area contributed by atoms with Gasteiger partial charge in [0, 0.05) is 5.56 Å². The molecule has 7 nitrogen and oxygen atoms in total. The van der Waals surface area contributed by atoms with Crippen LogP contribution in [-0.4, -0.2) is 25.0 Å². The normalized spacial score (nSPS) is 15.5. The van der Waals surface area contributed by atoms with E-state index in [1.165, 1.54) is 4.90 Å². The quantitative estimate of drug-likeness (QED) is 0.278. The first-order chi connectivity index (χ1) is 17.6. The van der Waals surface area contributed by atoms with Gasteiger partial charge in [-0.3, -0.25) is 9.59 Å². The van der Waals surface area contributed by atoms with Crippen LogP contribution in [0.5, 0.6) is 23.0 Å². The van der Waals surface area contributed by atoms with Crippen LogP contribution in [0.15, 0.2) is 78.2 Å². The van der Waals surface area contributed by atoms with Crippen molar-refractivity contribution in [3.63, 3.8) is 0 Å². The number of rotatable bonds is 8. The molecule has 0 atom stereocenters. The number of ether oxygens (including phenoxy) is 4. The molecular weight excluding hydrogens is 478 g/mol. The molecule has 36 heavy (non-hydrogen) atoms. The molecule has 0 aromatic heterocycles. The highest BCUT2D eigenvalue weighted by Crippen LogP contribution is 2.39. The summed E-state index contributed by atoms with van der Waals surface area (Å²) in [4.78, 5) is 27.1. The molecule has 0 N–H and O–H groups in total. The second kappa shape index (κ2) is 10.2. The third-order valence-electron chi connectivity index (χ3n) is 5.66. The zero-order valence-electron chi connectivity index (χ0n) is 19.6. The number of benzene rings is 3. The minimum absolute atomic E-state index is 0.212. The SMILES string of the molecule is C=CCc1cc(/C=C2\SC(=O)N(c3ccccc3)C2=O)cc(OC)c1OCc1ccc2c(c1)OCO2. The predicted molar refractivity (Wildman–Crippen MR) is 139 cm³/mol. The van der Waals surface area contributed by atoms with E-state index in [1.54, 1.807) is 49.6 Å². The van der Waals surface area contributed by atoms with Gasteiger partial charge in [0.1, 0.15) is 6.61 Å². The fraction of sp³-hybridized carbons (Fsp3) is 0.143. The maximum atomic E-state index is 13.0. The van der Waals surface area contributed by atoms with Crippen LogP contribution in [0.3, 0.4) is 0 Å². The van der Waals surface area contributed by atoms with Crippen molar-refractivity contribution in [1.29, 1.82) is 0 Å². The fourth-order valence-electron chi connectivity index (χ4n) is 3.99. The molecule has 2 amide bonds. The lowest BCUT2D eigenvalue weighted by molar-refractivity contribution is -0.113. The van der Waals surface area contributed by atoms with E-state index in [4.69, 9.17) is 18.9 Å². The Bertz CT molecular complexity index is 1370. The molecule has 0 bridgehead atoms. The van der Waals surface area contributed by atoms with Gasteiger partial charge in [0.15, 0.2) is 23.0 Å². The largest absolute Gasteiger partial charge is 0.493 e. The molecule has 0 radical (unpaired) electrons. The molecule has 2 aliphatic rings. The van der Waals surface area contributed by atoms with E-state index in [9.17, 15) is 9.59 Å². The van der Waals surface area contributed by atoms with Crippen molar-refractivity contribution in [1.82, 2.24) is 0 Å². The minimum Gasteiger partial charge on any atom is -0.493 e.